The quantitative estimate of drug-likeness (QED) is 0.442. The molecule has 22 heavy (non-hydrogen) atoms. The van der Waals surface area contributed by atoms with Crippen molar-refractivity contribution in [1.82, 2.24) is 0 Å². The van der Waals surface area contributed by atoms with Crippen LogP contribution in [0.25, 0.3) is 11.1 Å². The summed E-state index contributed by atoms with van der Waals surface area (Å²) in [4.78, 5) is 0. The summed E-state index contributed by atoms with van der Waals surface area (Å²) in [6.07, 6.45) is 1.03. The van der Waals surface area contributed by atoms with Crippen molar-refractivity contribution in [2.45, 2.75) is 58.8 Å². The Morgan fingerprint density at radius 2 is 1.45 bits per heavy atom. The third kappa shape index (κ3) is 3.44. The number of hydrogen-bond donors (Lipinski definition) is 0. The second-order valence-electron chi connectivity index (χ2n) is 8.31. The molecule has 0 nitrogen and oxygen atoms in total. The molecule has 2 aromatic carbocycles. The van der Waals surface area contributed by atoms with Gasteiger partial charge in [0.25, 0.3) is 0 Å². The van der Waals surface area contributed by atoms with Gasteiger partial charge < -0.3 is 0 Å². The maximum atomic E-state index is 3.67. The first-order valence-electron chi connectivity index (χ1n) is 7.86. The molecule has 0 saturated carbocycles. The van der Waals surface area contributed by atoms with E-state index < -0.39 is 0 Å². The maximum absolute atomic E-state index is 3.67. The van der Waals surface area contributed by atoms with Gasteiger partial charge in [-0.25, -0.2) is 0 Å². The number of rotatable bonds is 0. The number of benzene rings is 2. The van der Waals surface area contributed by atoms with Crippen molar-refractivity contribution in [1.29, 1.82) is 0 Å². The van der Waals surface area contributed by atoms with Crippen LogP contribution < -0.4 is 51.4 Å². The molecule has 0 amide bonds. The largest absolute Gasteiger partial charge is 1.00 e. The molecule has 0 fully saturated rings. The molecule has 0 unspecified atom stereocenters. The summed E-state index contributed by atoms with van der Waals surface area (Å²) in [5.41, 5.74) is 8.70. The summed E-state index contributed by atoms with van der Waals surface area (Å²) in [7, 11) is 0. The smallest absolute Gasteiger partial charge is 0.175 e. The van der Waals surface area contributed by atoms with Crippen molar-refractivity contribution in [2.24, 2.45) is 0 Å². The fourth-order valence-electron chi connectivity index (χ4n) is 3.03. The zero-order valence-electron chi connectivity index (χ0n) is 15.1. The molecule has 0 aromatic heterocycles. The van der Waals surface area contributed by atoms with Crippen LogP contribution in [-0.2, 0) is 17.3 Å². The van der Waals surface area contributed by atoms with Gasteiger partial charge in [-0.3, -0.25) is 0 Å². The summed E-state index contributed by atoms with van der Waals surface area (Å²) >= 11 is 0. The molecule has 110 valence electrons. The van der Waals surface area contributed by atoms with Crippen molar-refractivity contribution in [3.8, 4) is 11.1 Å². The topological polar surface area (TPSA) is 0 Å². The minimum atomic E-state index is 0. The molecule has 1 aliphatic carbocycles. The van der Waals surface area contributed by atoms with E-state index in [1.807, 2.05) is 0 Å². The fourth-order valence-corrected chi connectivity index (χ4v) is 3.03. The Labute approximate surface area is 178 Å². The molecule has 0 atom stereocenters. The van der Waals surface area contributed by atoms with Gasteiger partial charge in [0, 0.05) is 0 Å². The summed E-state index contributed by atoms with van der Waals surface area (Å²) in [5.74, 6) is 0. The van der Waals surface area contributed by atoms with Gasteiger partial charge in [0.1, 0.15) is 0 Å². The average Bonchev–Trinajstić information content (AvgIpc) is 2.73. The van der Waals surface area contributed by atoms with Crippen LogP contribution in [-0.4, -0.2) is 0 Å². The van der Waals surface area contributed by atoms with Gasteiger partial charge in [-0.15, -0.1) is 11.1 Å². The first kappa shape index (κ1) is 18.4. The summed E-state index contributed by atoms with van der Waals surface area (Å²) in [6, 6.07) is 15.2. The third-order valence-electron chi connectivity index (χ3n) is 4.46. The van der Waals surface area contributed by atoms with E-state index in [0.717, 1.165) is 6.42 Å². The van der Waals surface area contributed by atoms with Gasteiger partial charge >= 0.3 is 51.4 Å². The normalized spacial score (nSPS) is 13.4. The molecule has 0 radical (unpaired) electrons. The molecular formula is C21H25K. The molecular weight excluding hydrogens is 291 g/mol. The van der Waals surface area contributed by atoms with Gasteiger partial charge in [0.2, 0.25) is 0 Å². The van der Waals surface area contributed by atoms with Crippen LogP contribution in [0.3, 0.4) is 0 Å². The van der Waals surface area contributed by atoms with E-state index in [9.17, 15) is 0 Å². The van der Waals surface area contributed by atoms with Crippen LogP contribution in [0.4, 0.5) is 0 Å². The molecule has 1 heteroatoms. The Balaban J connectivity index is 0.00000176. The van der Waals surface area contributed by atoms with Gasteiger partial charge in [-0.1, -0.05) is 65.3 Å². The van der Waals surface area contributed by atoms with Crippen LogP contribution >= 0.6 is 0 Å². The van der Waals surface area contributed by atoms with Gasteiger partial charge in [-0.05, 0) is 28.4 Å². The SMILES string of the molecule is CC(C)(C)c1[c-]c2c(cc1)-c1ccc(C(C)(C)C)cc1C2.[K+]. The molecule has 0 aliphatic heterocycles. The van der Waals surface area contributed by atoms with Gasteiger partial charge in [0.15, 0.2) is 0 Å². The van der Waals surface area contributed by atoms with E-state index in [1.54, 1.807) is 0 Å². The Morgan fingerprint density at radius 3 is 2.05 bits per heavy atom. The molecule has 0 spiro atoms. The minimum Gasteiger partial charge on any atom is -0.175 e. The van der Waals surface area contributed by atoms with Crippen molar-refractivity contribution in [3.63, 3.8) is 0 Å². The first-order chi connectivity index (χ1) is 9.66. The standard InChI is InChI=1S/C21H25.K/c1-20(2,3)16-7-9-18-14(12-16)11-15-13-17(21(4,5)6)8-10-19(15)18;/h7-10,12H,11H2,1-6H3;/q-1;+1. The van der Waals surface area contributed by atoms with E-state index in [4.69, 9.17) is 0 Å². The molecule has 1 aliphatic rings. The number of fused-ring (bicyclic) bond motifs is 3. The minimum absolute atomic E-state index is 0. The summed E-state index contributed by atoms with van der Waals surface area (Å²) < 4.78 is 0. The maximum Gasteiger partial charge on any atom is 1.00 e. The monoisotopic (exact) mass is 316 g/mol. The zero-order valence-corrected chi connectivity index (χ0v) is 18.2. The molecule has 2 aromatic rings. The Bertz CT molecular complexity index is 635. The Hall–Kier alpha value is 0.0764. The van der Waals surface area contributed by atoms with Gasteiger partial charge in [0.05, 0.1) is 0 Å². The second-order valence-corrected chi connectivity index (χ2v) is 8.31. The predicted octanol–water partition coefficient (Wildman–Crippen LogP) is 2.66. The first-order valence-corrected chi connectivity index (χ1v) is 7.86. The molecule has 0 heterocycles. The molecule has 0 bridgehead atoms. The van der Waals surface area contributed by atoms with Crippen LogP contribution in [0.5, 0.6) is 0 Å². The van der Waals surface area contributed by atoms with Crippen molar-refractivity contribution >= 4 is 0 Å². The van der Waals surface area contributed by atoms with E-state index in [1.165, 1.54) is 33.4 Å². The van der Waals surface area contributed by atoms with E-state index in [2.05, 4.69) is 77.9 Å². The van der Waals surface area contributed by atoms with Gasteiger partial charge in [-0.2, -0.15) is 23.8 Å². The third-order valence-corrected chi connectivity index (χ3v) is 4.46. The Kier molecular flexibility index (Phi) is 5.17. The summed E-state index contributed by atoms with van der Waals surface area (Å²) in [6.45, 7) is 13.6. The van der Waals surface area contributed by atoms with Crippen LogP contribution in [0.2, 0.25) is 0 Å². The van der Waals surface area contributed by atoms with E-state index >= 15 is 0 Å². The summed E-state index contributed by atoms with van der Waals surface area (Å²) in [5, 5.41) is 0. The predicted molar refractivity (Wildman–Crippen MR) is 90.9 cm³/mol. The van der Waals surface area contributed by atoms with Crippen molar-refractivity contribution in [3.05, 3.63) is 58.7 Å². The zero-order chi connectivity index (χ0) is 15.4. The number of hydrogen-bond acceptors (Lipinski definition) is 0. The van der Waals surface area contributed by atoms with Crippen molar-refractivity contribution in [2.75, 3.05) is 0 Å². The molecule has 3 rings (SSSR count). The average molecular weight is 317 g/mol. The second kappa shape index (κ2) is 6.18. The molecule has 0 N–H and O–H groups in total. The van der Waals surface area contributed by atoms with E-state index in [-0.39, 0.29) is 62.2 Å². The van der Waals surface area contributed by atoms with Crippen molar-refractivity contribution < 1.29 is 51.4 Å². The Morgan fingerprint density at radius 1 is 0.818 bits per heavy atom. The van der Waals surface area contributed by atoms with Crippen LogP contribution in [0.1, 0.15) is 63.8 Å². The van der Waals surface area contributed by atoms with Crippen LogP contribution in [0, 0.1) is 6.07 Å². The fraction of sp³-hybridized carbons (Fsp3) is 0.429. The van der Waals surface area contributed by atoms with E-state index in [0.29, 0.717) is 0 Å². The van der Waals surface area contributed by atoms with Crippen LogP contribution in [0.15, 0.2) is 30.3 Å². The molecule has 0 saturated heterocycles.